The molecule has 0 aliphatic rings. The van der Waals surface area contributed by atoms with Crippen LogP contribution in [0.15, 0.2) is 23.3 Å². The van der Waals surface area contributed by atoms with E-state index in [1.165, 1.54) is 17.0 Å². The van der Waals surface area contributed by atoms with Gasteiger partial charge in [-0.05, 0) is 12.5 Å². The first-order valence-corrected chi connectivity index (χ1v) is 5.71. The largest absolute Gasteiger partial charge is 0.394 e. The van der Waals surface area contributed by atoms with Crippen LogP contribution in [0.4, 0.5) is 0 Å². The highest BCUT2D eigenvalue weighted by Crippen LogP contribution is 1.83. The molecule has 0 atom stereocenters. The van der Waals surface area contributed by atoms with Gasteiger partial charge < -0.3 is 15.2 Å². The molecule has 100 valence electrons. The second kappa shape index (κ2) is 8.37. The third-order valence-corrected chi connectivity index (χ3v) is 2.12. The van der Waals surface area contributed by atoms with Crippen LogP contribution in [0.1, 0.15) is 6.42 Å². The van der Waals surface area contributed by atoms with Gasteiger partial charge in [0.25, 0.3) is 0 Å². The Balaban J connectivity index is 2.18. The number of nitrogens with one attached hydrogen (secondary N) is 1. The number of aliphatic hydroxyl groups excluding tert-OH is 1. The third-order valence-electron chi connectivity index (χ3n) is 2.12. The highest BCUT2D eigenvalue weighted by atomic mass is 16.5. The molecule has 0 saturated heterocycles. The zero-order chi connectivity index (χ0) is 13.2. The maximum absolute atomic E-state index is 11.5. The molecular formula is C11H17N3O4. The van der Waals surface area contributed by atoms with E-state index in [2.05, 4.69) is 10.3 Å². The first-order valence-electron chi connectivity index (χ1n) is 5.71. The van der Waals surface area contributed by atoms with Crippen LogP contribution >= 0.6 is 0 Å². The van der Waals surface area contributed by atoms with Gasteiger partial charge in [-0.1, -0.05) is 0 Å². The van der Waals surface area contributed by atoms with E-state index >= 15 is 0 Å². The van der Waals surface area contributed by atoms with Gasteiger partial charge in [0.2, 0.25) is 5.91 Å². The molecular weight excluding hydrogens is 238 g/mol. The summed E-state index contributed by atoms with van der Waals surface area (Å²) < 4.78 is 6.27. The molecule has 1 rings (SSSR count). The fraction of sp³-hybridized carbons (Fsp3) is 0.545. The number of hydrogen-bond acceptors (Lipinski definition) is 5. The van der Waals surface area contributed by atoms with Crippen molar-refractivity contribution in [3.8, 4) is 0 Å². The van der Waals surface area contributed by atoms with Gasteiger partial charge in [-0.2, -0.15) is 0 Å². The summed E-state index contributed by atoms with van der Waals surface area (Å²) in [5.41, 5.74) is -0.445. The van der Waals surface area contributed by atoms with Crippen LogP contribution in [-0.4, -0.2) is 46.9 Å². The Morgan fingerprint density at radius 3 is 3.06 bits per heavy atom. The zero-order valence-corrected chi connectivity index (χ0v) is 10.0. The Bertz CT molecular complexity index is 419. The molecule has 0 saturated carbocycles. The third kappa shape index (κ3) is 5.55. The Labute approximate surface area is 104 Å². The van der Waals surface area contributed by atoms with Crippen LogP contribution < -0.4 is 11.0 Å². The number of aliphatic hydroxyl groups is 1. The molecule has 0 fully saturated rings. The maximum atomic E-state index is 11.5. The van der Waals surface area contributed by atoms with Crippen LogP contribution in [0.3, 0.4) is 0 Å². The highest BCUT2D eigenvalue weighted by molar-refractivity contribution is 5.75. The minimum Gasteiger partial charge on any atom is -0.394 e. The molecule has 7 nitrogen and oxygen atoms in total. The van der Waals surface area contributed by atoms with Gasteiger partial charge in [0.05, 0.1) is 13.2 Å². The first-order chi connectivity index (χ1) is 8.74. The van der Waals surface area contributed by atoms with Crippen molar-refractivity contribution in [1.82, 2.24) is 14.9 Å². The van der Waals surface area contributed by atoms with E-state index < -0.39 is 5.69 Å². The summed E-state index contributed by atoms with van der Waals surface area (Å²) in [4.78, 5) is 26.3. The van der Waals surface area contributed by atoms with Crippen molar-refractivity contribution in [2.45, 2.75) is 13.0 Å². The topological polar surface area (TPSA) is 93.5 Å². The fourth-order valence-electron chi connectivity index (χ4n) is 1.29. The fourth-order valence-corrected chi connectivity index (χ4v) is 1.29. The summed E-state index contributed by atoms with van der Waals surface area (Å²) in [5.74, 6) is -0.243. The average molecular weight is 255 g/mol. The van der Waals surface area contributed by atoms with Crippen LogP contribution in [-0.2, 0) is 16.1 Å². The number of nitrogens with zero attached hydrogens (tertiary/aromatic N) is 2. The number of rotatable bonds is 8. The Hall–Kier alpha value is -1.73. The molecule has 1 amide bonds. The Kier molecular flexibility index (Phi) is 6.67. The number of ether oxygens (including phenoxy) is 1. The van der Waals surface area contributed by atoms with Gasteiger partial charge >= 0.3 is 5.69 Å². The van der Waals surface area contributed by atoms with E-state index in [4.69, 9.17) is 9.84 Å². The number of aromatic nitrogens is 2. The van der Waals surface area contributed by atoms with Crippen LogP contribution in [0, 0.1) is 0 Å². The van der Waals surface area contributed by atoms with Crippen molar-refractivity contribution < 1.29 is 14.6 Å². The van der Waals surface area contributed by atoms with Gasteiger partial charge in [0, 0.05) is 25.5 Å². The summed E-state index contributed by atoms with van der Waals surface area (Å²) in [5, 5.41) is 11.1. The normalized spacial score (nSPS) is 10.3. The highest BCUT2D eigenvalue weighted by Gasteiger charge is 2.03. The summed E-state index contributed by atoms with van der Waals surface area (Å²) >= 11 is 0. The van der Waals surface area contributed by atoms with Crippen molar-refractivity contribution in [2.75, 3.05) is 26.4 Å². The monoisotopic (exact) mass is 255 g/mol. The zero-order valence-electron chi connectivity index (χ0n) is 10.0. The van der Waals surface area contributed by atoms with Crippen LogP contribution in [0.2, 0.25) is 0 Å². The Morgan fingerprint density at radius 2 is 2.33 bits per heavy atom. The smallest absolute Gasteiger partial charge is 0.347 e. The average Bonchev–Trinajstić information content (AvgIpc) is 2.36. The molecule has 7 heteroatoms. The quantitative estimate of drug-likeness (QED) is 0.567. The lowest BCUT2D eigenvalue weighted by Gasteiger charge is -2.06. The molecule has 2 N–H and O–H groups in total. The van der Waals surface area contributed by atoms with E-state index in [-0.39, 0.29) is 19.1 Å². The molecule has 18 heavy (non-hydrogen) atoms. The number of carbonyl (C=O) groups excluding carboxylic acids is 1. The lowest BCUT2D eigenvalue weighted by atomic mass is 10.4. The number of carbonyl (C=O) groups is 1. The van der Waals surface area contributed by atoms with Gasteiger partial charge in [-0.3, -0.25) is 9.36 Å². The standard InChI is InChI=1S/C11H17N3O4/c15-6-8-18-7-2-4-12-10(16)9-14-5-1-3-13-11(14)17/h1,3,5,15H,2,4,6-9H2,(H,12,16). The lowest BCUT2D eigenvalue weighted by Crippen LogP contribution is -2.33. The molecule has 1 aromatic heterocycles. The maximum Gasteiger partial charge on any atom is 0.347 e. The molecule has 0 aliphatic carbocycles. The molecule has 0 spiro atoms. The van der Waals surface area contributed by atoms with Crippen molar-refractivity contribution in [3.63, 3.8) is 0 Å². The number of hydrogen-bond donors (Lipinski definition) is 2. The predicted octanol–water partition coefficient (Wildman–Crippen LogP) is -1.24. The molecule has 1 aromatic rings. The van der Waals surface area contributed by atoms with E-state index in [1.54, 1.807) is 6.07 Å². The molecule has 0 aromatic carbocycles. The van der Waals surface area contributed by atoms with E-state index in [9.17, 15) is 9.59 Å². The van der Waals surface area contributed by atoms with Gasteiger partial charge in [-0.15, -0.1) is 0 Å². The van der Waals surface area contributed by atoms with E-state index in [1.807, 2.05) is 0 Å². The van der Waals surface area contributed by atoms with E-state index in [0.29, 0.717) is 26.2 Å². The minimum atomic E-state index is -0.445. The Morgan fingerprint density at radius 1 is 1.50 bits per heavy atom. The van der Waals surface area contributed by atoms with Crippen molar-refractivity contribution in [1.29, 1.82) is 0 Å². The second-order valence-electron chi connectivity index (χ2n) is 3.57. The first kappa shape index (κ1) is 14.3. The molecule has 1 heterocycles. The molecule has 0 radical (unpaired) electrons. The summed E-state index contributed by atoms with van der Waals surface area (Å²) in [6.45, 7) is 1.21. The van der Waals surface area contributed by atoms with Gasteiger partial charge in [0.1, 0.15) is 6.54 Å². The van der Waals surface area contributed by atoms with Gasteiger partial charge in [0.15, 0.2) is 0 Å². The molecule has 0 aliphatic heterocycles. The molecule has 0 unspecified atom stereocenters. The van der Waals surface area contributed by atoms with Crippen LogP contribution in [0.25, 0.3) is 0 Å². The van der Waals surface area contributed by atoms with Crippen molar-refractivity contribution in [3.05, 3.63) is 28.9 Å². The van der Waals surface area contributed by atoms with E-state index in [0.717, 1.165) is 0 Å². The summed E-state index contributed by atoms with van der Waals surface area (Å²) in [7, 11) is 0. The summed E-state index contributed by atoms with van der Waals surface area (Å²) in [6.07, 6.45) is 3.56. The summed E-state index contributed by atoms with van der Waals surface area (Å²) in [6, 6.07) is 1.59. The molecule has 0 bridgehead atoms. The number of amides is 1. The van der Waals surface area contributed by atoms with Gasteiger partial charge in [-0.25, -0.2) is 9.78 Å². The SMILES string of the molecule is O=C(Cn1cccnc1=O)NCCCOCCO. The minimum absolute atomic E-state index is 0.00369. The van der Waals surface area contributed by atoms with Crippen molar-refractivity contribution >= 4 is 5.91 Å². The predicted molar refractivity (Wildman–Crippen MR) is 64.0 cm³/mol. The van der Waals surface area contributed by atoms with Crippen LogP contribution in [0.5, 0.6) is 0 Å². The lowest BCUT2D eigenvalue weighted by molar-refractivity contribution is -0.121. The van der Waals surface area contributed by atoms with Crippen molar-refractivity contribution in [2.24, 2.45) is 0 Å². The second-order valence-corrected chi connectivity index (χ2v) is 3.57.